The van der Waals surface area contributed by atoms with Gasteiger partial charge >= 0.3 is 0 Å². The fourth-order valence-corrected chi connectivity index (χ4v) is 5.43. The Hall–Kier alpha value is -3.52. The van der Waals surface area contributed by atoms with E-state index in [1.807, 2.05) is 110 Å². The van der Waals surface area contributed by atoms with Gasteiger partial charge in [-0.05, 0) is 59.4 Å². The summed E-state index contributed by atoms with van der Waals surface area (Å²) in [7, 11) is 1.56. The summed E-state index contributed by atoms with van der Waals surface area (Å²) in [5, 5.41) is 0.650. The fraction of sp³-hybridized carbons (Fsp3) is 0.306. The van der Waals surface area contributed by atoms with Crippen molar-refractivity contribution in [3.05, 3.63) is 136 Å². The van der Waals surface area contributed by atoms with Gasteiger partial charge in [-0.25, -0.2) is 0 Å². The van der Waals surface area contributed by atoms with Gasteiger partial charge in [-0.15, -0.1) is 0 Å². The molecule has 0 aliphatic carbocycles. The quantitative estimate of drug-likeness (QED) is 0.162. The van der Waals surface area contributed by atoms with Crippen molar-refractivity contribution in [2.75, 3.05) is 20.3 Å². The fourth-order valence-electron chi connectivity index (χ4n) is 5.24. The van der Waals surface area contributed by atoms with Crippen LogP contribution < -0.4 is 4.74 Å². The summed E-state index contributed by atoms with van der Waals surface area (Å²) in [4.78, 5) is 13.7. The van der Waals surface area contributed by atoms with Crippen LogP contribution in [0.15, 0.2) is 103 Å². The Balaban J connectivity index is 1.46. The number of carbonyl (C=O) groups is 1. The van der Waals surface area contributed by atoms with Crippen molar-refractivity contribution in [2.45, 2.75) is 51.0 Å². The molecule has 0 radical (unpaired) electrons. The molecule has 6 nitrogen and oxygen atoms in total. The van der Waals surface area contributed by atoms with Crippen molar-refractivity contribution in [2.24, 2.45) is 0 Å². The number of benzene rings is 4. The molecule has 0 N–H and O–H groups in total. The first-order valence-corrected chi connectivity index (χ1v) is 14.9. The minimum atomic E-state index is -0.868. The molecule has 0 saturated carbocycles. The highest BCUT2D eigenvalue weighted by molar-refractivity contribution is 6.31. The molecular formula is C36H37ClO6. The lowest BCUT2D eigenvalue weighted by Crippen LogP contribution is -2.54. The monoisotopic (exact) mass is 600 g/mol. The van der Waals surface area contributed by atoms with E-state index in [9.17, 15) is 4.79 Å². The zero-order valence-electron chi connectivity index (χ0n) is 24.5. The van der Waals surface area contributed by atoms with Gasteiger partial charge in [-0.1, -0.05) is 96.5 Å². The van der Waals surface area contributed by atoms with Crippen molar-refractivity contribution < 1.29 is 28.5 Å². The maximum absolute atomic E-state index is 13.7. The summed E-state index contributed by atoms with van der Waals surface area (Å²) in [5.41, 5.74) is 4.84. The number of halogens is 1. The van der Waals surface area contributed by atoms with Crippen molar-refractivity contribution in [1.29, 1.82) is 0 Å². The van der Waals surface area contributed by atoms with Crippen LogP contribution in [0.3, 0.4) is 0 Å². The molecule has 0 spiro atoms. The molecule has 5 rings (SSSR count). The normalized spacial score (nSPS) is 20.2. The molecule has 1 saturated heterocycles. The van der Waals surface area contributed by atoms with E-state index in [1.54, 1.807) is 7.11 Å². The van der Waals surface area contributed by atoms with Crippen LogP contribution in [-0.4, -0.2) is 44.4 Å². The number of hydrogen-bond acceptors (Lipinski definition) is 6. The third-order valence-corrected chi connectivity index (χ3v) is 7.78. The zero-order chi connectivity index (χ0) is 30.0. The Morgan fingerprint density at radius 2 is 1.44 bits per heavy atom. The van der Waals surface area contributed by atoms with Gasteiger partial charge in [0.1, 0.15) is 30.2 Å². The molecule has 224 valence electrons. The van der Waals surface area contributed by atoms with Gasteiger partial charge < -0.3 is 23.7 Å². The number of ketones is 1. The van der Waals surface area contributed by atoms with Crippen molar-refractivity contribution in [1.82, 2.24) is 0 Å². The van der Waals surface area contributed by atoms with Crippen LogP contribution >= 0.6 is 11.6 Å². The lowest BCUT2D eigenvalue weighted by atomic mass is 9.90. The van der Waals surface area contributed by atoms with Crippen LogP contribution in [-0.2, 0) is 43.4 Å². The van der Waals surface area contributed by atoms with Crippen LogP contribution in [0.1, 0.15) is 40.8 Å². The number of rotatable bonds is 13. The average Bonchev–Trinajstić information content (AvgIpc) is 3.04. The minimum absolute atomic E-state index is 0.110. The van der Waals surface area contributed by atoms with Crippen LogP contribution in [0.5, 0.6) is 5.75 Å². The van der Waals surface area contributed by atoms with Gasteiger partial charge in [-0.2, -0.15) is 0 Å². The third-order valence-electron chi connectivity index (χ3n) is 7.41. The van der Waals surface area contributed by atoms with Gasteiger partial charge in [0.25, 0.3) is 0 Å². The molecule has 1 fully saturated rings. The first-order chi connectivity index (χ1) is 21.1. The maximum atomic E-state index is 13.7. The topological polar surface area (TPSA) is 63.2 Å². The molecular weight excluding hydrogens is 564 g/mol. The van der Waals surface area contributed by atoms with E-state index in [2.05, 4.69) is 0 Å². The van der Waals surface area contributed by atoms with Crippen LogP contribution in [0.4, 0.5) is 0 Å². The van der Waals surface area contributed by atoms with Gasteiger partial charge in [0.05, 0.1) is 26.4 Å². The van der Waals surface area contributed by atoms with E-state index in [-0.39, 0.29) is 19.0 Å². The summed E-state index contributed by atoms with van der Waals surface area (Å²) in [6.07, 6.45) is -2.36. The van der Waals surface area contributed by atoms with Crippen LogP contribution in [0.25, 0.3) is 0 Å². The number of hydrogen-bond donors (Lipinski definition) is 0. The zero-order valence-corrected chi connectivity index (χ0v) is 25.2. The smallest absolute Gasteiger partial charge is 0.195 e. The number of methoxy groups -OCH3 is 1. The Morgan fingerprint density at radius 1 is 0.791 bits per heavy atom. The standard InChI is InChI=1S/C36H37ClO6/c1-3-40-30-17-14-25(15-18-30)20-29-21-28(16-19-31(29)37)34-36(42-23-27-12-8-5-9-13-27)35(33(38)32(43-34)24-39-2)41-22-26-10-6-4-7-11-26/h4-19,21,32,34-36H,3,20,22-24H2,1-2H3/t32-,34+,35+,36+/m1/s1. The Kier molecular flexibility index (Phi) is 11.0. The predicted molar refractivity (Wildman–Crippen MR) is 166 cm³/mol. The molecule has 0 unspecified atom stereocenters. The van der Waals surface area contributed by atoms with E-state index in [0.717, 1.165) is 33.6 Å². The van der Waals surface area contributed by atoms with Crippen LogP contribution in [0, 0.1) is 0 Å². The van der Waals surface area contributed by atoms with Crippen molar-refractivity contribution in [3.8, 4) is 5.75 Å². The summed E-state index contributed by atoms with van der Waals surface area (Å²) < 4.78 is 30.3. The predicted octanol–water partition coefficient (Wildman–Crippen LogP) is 7.16. The number of carbonyl (C=O) groups excluding carboxylic acids is 1. The Morgan fingerprint density at radius 3 is 2.07 bits per heavy atom. The number of Topliss-reactive ketones (excluding diaryl/α,β-unsaturated/α-hetero) is 1. The van der Waals surface area contributed by atoms with Crippen molar-refractivity contribution >= 4 is 17.4 Å². The molecule has 4 aromatic carbocycles. The Bertz CT molecular complexity index is 1440. The molecule has 1 aliphatic rings. The lowest BCUT2D eigenvalue weighted by Gasteiger charge is -2.40. The molecule has 0 bridgehead atoms. The van der Waals surface area contributed by atoms with E-state index < -0.39 is 24.4 Å². The molecule has 4 aromatic rings. The summed E-state index contributed by atoms with van der Waals surface area (Å²) >= 11 is 6.70. The van der Waals surface area contributed by atoms with Crippen LogP contribution in [0.2, 0.25) is 5.02 Å². The van der Waals surface area contributed by atoms with E-state index in [4.69, 9.17) is 35.3 Å². The third kappa shape index (κ3) is 8.11. The highest BCUT2D eigenvalue weighted by Gasteiger charge is 2.47. The largest absolute Gasteiger partial charge is 0.494 e. The Labute approximate surface area is 258 Å². The summed E-state index contributed by atoms with van der Waals surface area (Å²) in [5.74, 6) is 0.631. The molecule has 7 heteroatoms. The lowest BCUT2D eigenvalue weighted by molar-refractivity contribution is -0.211. The molecule has 4 atom stereocenters. The van der Waals surface area contributed by atoms with Gasteiger partial charge in [0, 0.05) is 12.1 Å². The van der Waals surface area contributed by atoms with E-state index in [1.165, 1.54) is 0 Å². The van der Waals surface area contributed by atoms with Gasteiger partial charge in [0.15, 0.2) is 5.78 Å². The number of ether oxygens (including phenoxy) is 5. The molecule has 1 aliphatic heterocycles. The highest BCUT2D eigenvalue weighted by Crippen LogP contribution is 2.37. The van der Waals surface area contributed by atoms with Gasteiger partial charge in [-0.3, -0.25) is 4.79 Å². The van der Waals surface area contributed by atoms with E-state index >= 15 is 0 Å². The second kappa shape index (κ2) is 15.3. The van der Waals surface area contributed by atoms with Gasteiger partial charge in [0.2, 0.25) is 0 Å². The van der Waals surface area contributed by atoms with Crippen molar-refractivity contribution in [3.63, 3.8) is 0 Å². The summed E-state index contributed by atoms with van der Waals surface area (Å²) in [6.45, 7) is 3.25. The second-order valence-electron chi connectivity index (χ2n) is 10.5. The summed E-state index contributed by atoms with van der Waals surface area (Å²) in [6, 6.07) is 33.5. The minimum Gasteiger partial charge on any atom is -0.494 e. The molecule has 0 amide bonds. The maximum Gasteiger partial charge on any atom is 0.195 e. The first-order valence-electron chi connectivity index (χ1n) is 14.5. The molecule has 0 aromatic heterocycles. The van der Waals surface area contributed by atoms with E-state index in [0.29, 0.717) is 24.7 Å². The second-order valence-corrected chi connectivity index (χ2v) is 10.9. The molecule has 1 heterocycles. The first kappa shape index (κ1) is 30.9. The average molecular weight is 601 g/mol. The SMILES string of the molecule is CCOc1ccc(Cc2cc([C@@H]3O[C@H](COC)C(=O)[C@H](OCc4ccccc4)[C@H]3OCc3ccccc3)ccc2Cl)cc1. The molecule has 43 heavy (non-hydrogen) atoms. The highest BCUT2D eigenvalue weighted by atomic mass is 35.5.